The second-order valence-corrected chi connectivity index (χ2v) is 6.12. The maximum Gasteiger partial charge on any atom is 0.371 e. The number of rotatable bonds is 10. The van der Waals surface area contributed by atoms with Crippen molar-refractivity contribution in [2.75, 3.05) is 28.4 Å². The zero-order valence-electron chi connectivity index (χ0n) is 17.7. The van der Waals surface area contributed by atoms with E-state index >= 15 is 0 Å². The summed E-state index contributed by atoms with van der Waals surface area (Å²) in [6.07, 6.45) is 3.45. The standard InChI is InChI=1S/C22H22O10/c1-28-14-9-13(10-15(29-2)20(14)25)11-18(22(26)27)32-21-16(30-3)7-12(5-6-19(23)24)8-17(21)31-4/h5-11,25H,1-4H3,(H,23,24)(H,26,27)/b6-5-,18-11+. The normalized spacial score (nSPS) is 11.2. The summed E-state index contributed by atoms with van der Waals surface area (Å²) >= 11 is 0. The van der Waals surface area contributed by atoms with Crippen molar-refractivity contribution in [2.45, 2.75) is 0 Å². The molecular formula is C22H22O10. The molecule has 0 fully saturated rings. The first-order chi connectivity index (χ1) is 15.2. The summed E-state index contributed by atoms with van der Waals surface area (Å²) in [7, 11) is 5.36. The van der Waals surface area contributed by atoms with Crippen LogP contribution >= 0.6 is 0 Å². The molecule has 0 aliphatic carbocycles. The molecule has 10 heteroatoms. The number of hydrogen-bond donors (Lipinski definition) is 3. The highest BCUT2D eigenvalue weighted by Crippen LogP contribution is 2.41. The summed E-state index contributed by atoms with van der Waals surface area (Å²) in [5.74, 6) is -2.92. The monoisotopic (exact) mass is 446 g/mol. The van der Waals surface area contributed by atoms with Crippen molar-refractivity contribution >= 4 is 24.1 Å². The van der Waals surface area contributed by atoms with Crippen LogP contribution in [0.5, 0.6) is 34.5 Å². The third kappa shape index (κ3) is 5.63. The summed E-state index contributed by atoms with van der Waals surface area (Å²) in [5.41, 5.74) is 0.746. The number of phenolic OH excluding ortho intramolecular Hbond substituents is 1. The summed E-state index contributed by atoms with van der Waals surface area (Å²) < 4.78 is 26.3. The first kappa shape index (κ1) is 23.9. The number of hydrogen-bond acceptors (Lipinski definition) is 8. The van der Waals surface area contributed by atoms with E-state index in [2.05, 4.69) is 0 Å². The molecule has 0 bridgehead atoms. The Bertz CT molecular complexity index is 1020. The molecule has 10 nitrogen and oxygen atoms in total. The van der Waals surface area contributed by atoms with Gasteiger partial charge in [-0.25, -0.2) is 9.59 Å². The number of aromatic hydroxyl groups is 1. The molecule has 32 heavy (non-hydrogen) atoms. The molecule has 2 rings (SSSR count). The summed E-state index contributed by atoms with van der Waals surface area (Å²) in [5, 5.41) is 28.5. The third-order valence-electron chi connectivity index (χ3n) is 4.12. The van der Waals surface area contributed by atoms with Crippen LogP contribution in [0.2, 0.25) is 0 Å². The van der Waals surface area contributed by atoms with Crippen LogP contribution < -0.4 is 23.7 Å². The molecule has 0 atom stereocenters. The van der Waals surface area contributed by atoms with Gasteiger partial charge < -0.3 is 39.0 Å². The molecule has 2 aromatic carbocycles. The Morgan fingerprint density at radius 3 is 1.66 bits per heavy atom. The van der Waals surface area contributed by atoms with Gasteiger partial charge in [0, 0.05) is 6.08 Å². The van der Waals surface area contributed by atoms with E-state index in [-0.39, 0.29) is 34.5 Å². The van der Waals surface area contributed by atoms with Gasteiger partial charge in [0.2, 0.25) is 17.3 Å². The predicted octanol–water partition coefficient (Wildman–Crippen LogP) is 3.03. The summed E-state index contributed by atoms with van der Waals surface area (Å²) in [6, 6.07) is 5.73. The zero-order valence-corrected chi connectivity index (χ0v) is 17.7. The Morgan fingerprint density at radius 1 is 0.781 bits per heavy atom. The fourth-order valence-corrected chi connectivity index (χ4v) is 2.66. The molecule has 0 saturated heterocycles. The molecule has 2 aromatic rings. The van der Waals surface area contributed by atoms with Gasteiger partial charge in [0.05, 0.1) is 28.4 Å². The van der Waals surface area contributed by atoms with Crippen molar-refractivity contribution in [3.8, 4) is 34.5 Å². The van der Waals surface area contributed by atoms with Gasteiger partial charge in [-0.15, -0.1) is 0 Å². The van der Waals surface area contributed by atoms with Gasteiger partial charge in [-0.1, -0.05) is 0 Å². The SMILES string of the molecule is COc1cc(/C=C(/Oc2c(OC)cc(/C=C\C(=O)O)cc2OC)C(=O)O)cc(OC)c1O. The summed E-state index contributed by atoms with van der Waals surface area (Å²) in [4.78, 5) is 22.6. The van der Waals surface area contributed by atoms with Crippen LogP contribution in [0.3, 0.4) is 0 Å². The molecule has 0 amide bonds. The van der Waals surface area contributed by atoms with Crippen LogP contribution in [0.15, 0.2) is 36.1 Å². The van der Waals surface area contributed by atoms with Gasteiger partial charge in [-0.05, 0) is 47.5 Å². The van der Waals surface area contributed by atoms with Crippen molar-refractivity contribution in [1.82, 2.24) is 0 Å². The molecule has 0 aromatic heterocycles. The minimum Gasteiger partial charge on any atom is -0.502 e. The molecule has 0 aliphatic rings. The number of benzene rings is 2. The Morgan fingerprint density at radius 2 is 1.25 bits per heavy atom. The average molecular weight is 446 g/mol. The van der Waals surface area contributed by atoms with Crippen LogP contribution in [0.25, 0.3) is 12.2 Å². The molecular weight excluding hydrogens is 424 g/mol. The highest BCUT2D eigenvalue weighted by atomic mass is 16.6. The quantitative estimate of drug-likeness (QED) is 0.368. The molecule has 3 N–H and O–H groups in total. The van der Waals surface area contributed by atoms with Crippen molar-refractivity contribution in [2.24, 2.45) is 0 Å². The van der Waals surface area contributed by atoms with E-state index in [4.69, 9.17) is 28.8 Å². The minimum atomic E-state index is -1.39. The topological polar surface area (TPSA) is 141 Å². The Hall–Kier alpha value is -4.34. The maximum absolute atomic E-state index is 11.9. The minimum absolute atomic E-state index is 0.0335. The fourth-order valence-electron chi connectivity index (χ4n) is 2.66. The first-order valence-electron chi connectivity index (χ1n) is 8.98. The number of aliphatic carboxylic acids is 2. The molecule has 0 radical (unpaired) electrons. The summed E-state index contributed by atoms with van der Waals surface area (Å²) in [6.45, 7) is 0. The second kappa shape index (κ2) is 10.6. The zero-order chi connectivity index (χ0) is 23.8. The molecule has 0 aliphatic heterocycles. The molecule has 0 spiro atoms. The van der Waals surface area contributed by atoms with Gasteiger partial charge in [0.1, 0.15) is 0 Å². The van der Waals surface area contributed by atoms with Crippen LogP contribution in [-0.4, -0.2) is 55.7 Å². The van der Waals surface area contributed by atoms with E-state index in [0.717, 1.165) is 6.08 Å². The molecule has 170 valence electrons. The Labute approximate surface area is 183 Å². The average Bonchev–Trinajstić information content (AvgIpc) is 2.77. The highest BCUT2D eigenvalue weighted by Gasteiger charge is 2.20. The number of methoxy groups -OCH3 is 4. The molecule has 0 unspecified atom stereocenters. The van der Waals surface area contributed by atoms with E-state index < -0.39 is 17.7 Å². The fraction of sp³-hybridized carbons (Fsp3) is 0.182. The van der Waals surface area contributed by atoms with Crippen molar-refractivity contribution in [3.05, 3.63) is 47.2 Å². The number of ether oxygens (including phenoxy) is 5. The third-order valence-corrected chi connectivity index (χ3v) is 4.12. The van der Waals surface area contributed by atoms with Crippen molar-refractivity contribution < 1.29 is 48.6 Å². The first-order valence-corrected chi connectivity index (χ1v) is 8.98. The largest absolute Gasteiger partial charge is 0.502 e. The van der Waals surface area contributed by atoms with Crippen LogP contribution in [-0.2, 0) is 9.59 Å². The van der Waals surface area contributed by atoms with Crippen LogP contribution in [0.1, 0.15) is 11.1 Å². The van der Waals surface area contributed by atoms with Gasteiger partial charge in [-0.3, -0.25) is 0 Å². The Kier molecular flexibility index (Phi) is 7.94. The van der Waals surface area contributed by atoms with Crippen LogP contribution in [0.4, 0.5) is 0 Å². The van der Waals surface area contributed by atoms with Gasteiger partial charge in [-0.2, -0.15) is 0 Å². The predicted molar refractivity (Wildman–Crippen MR) is 114 cm³/mol. The van der Waals surface area contributed by atoms with Crippen molar-refractivity contribution in [3.63, 3.8) is 0 Å². The second-order valence-electron chi connectivity index (χ2n) is 6.12. The van der Waals surface area contributed by atoms with Gasteiger partial charge >= 0.3 is 11.9 Å². The maximum atomic E-state index is 11.9. The highest BCUT2D eigenvalue weighted by molar-refractivity contribution is 5.91. The molecule has 0 saturated carbocycles. The molecule has 0 heterocycles. The van der Waals surface area contributed by atoms with E-state index in [1.165, 1.54) is 64.9 Å². The lowest BCUT2D eigenvalue weighted by atomic mass is 10.1. The van der Waals surface area contributed by atoms with E-state index in [1.807, 2.05) is 0 Å². The van der Waals surface area contributed by atoms with Crippen molar-refractivity contribution in [1.29, 1.82) is 0 Å². The number of phenols is 1. The van der Waals surface area contributed by atoms with E-state index in [1.54, 1.807) is 0 Å². The van der Waals surface area contributed by atoms with E-state index in [9.17, 15) is 19.8 Å². The number of carbonyl (C=O) groups is 2. The van der Waals surface area contributed by atoms with E-state index in [0.29, 0.717) is 11.1 Å². The number of carboxylic acid groups (broad SMARTS) is 2. The van der Waals surface area contributed by atoms with Crippen LogP contribution in [0, 0.1) is 0 Å². The number of carboxylic acids is 2. The van der Waals surface area contributed by atoms with Gasteiger partial charge in [0.15, 0.2) is 23.0 Å². The lowest BCUT2D eigenvalue weighted by Gasteiger charge is -2.16. The smallest absolute Gasteiger partial charge is 0.371 e. The van der Waals surface area contributed by atoms with Gasteiger partial charge in [0.25, 0.3) is 0 Å². The lowest BCUT2D eigenvalue weighted by Crippen LogP contribution is -2.09. The lowest BCUT2D eigenvalue weighted by molar-refractivity contribution is -0.135. The Balaban J connectivity index is 2.56.